The Labute approximate surface area is 262 Å². The number of benzene rings is 3. The molecule has 1 aliphatic rings. The van der Waals surface area contributed by atoms with Crippen LogP contribution in [0.3, 0.4) is 0 Å². The van der Waals surface area contributed by atoms with Crippen LogP contribution in [0.2, 0.25) is 0 Å². The Balaban J connectivity index is 0.00000353. The molecule has 39 heavy (non-hydrogen) atoms. The van der Waals surface area contributed by atoms with Gasteiger partial charge in [0.05, 0.1) is 51.6 Å². The summed E-state index contributed by atoms with van der Waals surface area (Å²) in [5.41, 5.74) is 4.81. The Bertz CT molecular complexity index is 1460. The molecule has 0 atom stereocenters. The van der Waals surface area contributed by atoms with Gasteiger partial charge in [-0.3, -0.25) is 4.90 Å². The summed E-state index contributed by atoms with van der Waals surface area (Å²) in [7, 11) is 8.72. The SMILES string of the molecule is CN(CCC[N+](C)(C)CCO)c1cc(C=C2Sc3ccccc3N2C)c2ccccc2[n+]1-c1ccccc1.[Y]. The summed E-state index contributed by atoms with van der Waals surface area (Å²) >= 11 is 1.83. The molecule has 0 saturated carbocycles. The molecule has 0 unspecified atom stereocenters. The Morgan fingerprint density at radius 2 is 1.64 bits per heavy atom. The van der Waals surface area contributed by atoms with E-state index in [9.17, 15) is 5.11 Å². The van der Waals surface area contributed by atoms with E-state index in [0.29, 0.717) is 0 Å². The van der Waals surface area contributed by atoms with Crippen LogP contribution in [0, 0.1) is 0 Å². The van der Waals surface area contributed by atoms with Gasteiger partial charge < -0.3 is 14.5 Å². The first-order valence-corrected chi connectivity index (χ1v) is 14.1. The van der Waals surface area contributed by atoms with Crippen LogP contribution in [0.15, 0.2) is 94.9 Å². The molecule has 0 spiro atoms. The quantitative estimate of drug-likeness (QED) is 0.198. The first kappa shape index (κ1) is 29.8. The standard InChI is InChI=1S/C32H38N4OS.Y/c1-33(19-12-20-36(3,4)21-22-37)31-23-25(24-32-34(2)29-17-10-11-18-30(29)38-32)27-15-8-9-16-28(27)35(31)26-13-6-5-7-14-26;/h5-11,13-18,23-24,37H,12,19-22H2,1-4H3;/q+2;. The molecule has 0 amide bonds. The van der Waals surface area contributed by atoms with E-state index >= 15 is 0 Å². The number of aliphatic hydroxyl groups excluding tert-OH is 1. The van der Waals surface area contributed by atoms with Crippen molar-refractivity contribution in [3.8, 4) is 5.69 Å². The zero-order chi connectivity index (χ0) is 26.7. The number of anilines is 2. The van der Waals surface area contributed by atoms with E-state index in [0.717, 1.165) is 42.0 Å². The molecule has 0 aliphatic carbocycles. The molecular formula is C32H38N4OSY+2. The van der Waals surface area contributed by atoms with Crippen LogP contribution >= 0.6 is 11.8 Å². The zero-order valence-corrected chi connectivity index (χ0v) is 27.1. The topological polar surface area (TPSA) is 30.6 Å². The summed E-state index contributed by atoms with van der Waals surface area (Å²) in [6.45, 7) is 2.93. The van der Waals surface area contributed by atoms with E-state index in [1.54, 1.807) is 0 Å². The average molecular weight is 616 g/mol. The number of nitrogens with zero attached hydrogens (tertiary/aromatic N) is 4. The van der Waals surface area contributed by atoms with Crippen LogP contribution in [-0.4, -0.2) is 64.0 Å². The summed E-state index contributed by atoms with van der Waals surface area (Å²) in [4.78, 5) is 5.96. The second kappa shape index (κ2) is 13.0. The molecule has 0 fully saturated rings. The number of likely N-dealkylation sites (N-methyl/N-ethyl adjacent to an activating group) is 1. The van der Waals surface area contributed by atoms with Crippen molar-refractivity contribution in [1.29, 1.82) is 0 Å². The number of para-hydroxylation sites is 3. The van der Waals surface area contributed by atoms with E-state index < -0.39 is 0 Å². The van der Waals surface area contributed by atoms with Crippen LogP contribution in [0.1, 0.15) is 12.0 Å². The van der Waals surface area contributed by atoms with Gasteiger partial charge in [0.25, 0.3) is 5.82 Å². The monoisotopic (exact) mass is 615 g/mol. The largest absolute Gasteiger partial charge is 0.391 e. The predicted molar refractivity (Wildman–Crippen MR) is 161 cm³/mol. The van der Waals surface area contributed by atoms with E-state index in [2.05, 4.69) is 134 Å². The zero-order valence-electron chi connectivity index (χ0n) is 23.4. The van der Waals surface area contributed by atoms with Crippen LogP contribution < -0.4 is 14.4 Å². The molecule has 1 N–H and O–H groups in total. The first-order chi connectivity index (χ1) is 18.4. The molecule has 0 saturated heterocycles. The predicted octanol–water partition coefficient (Wildman–Crippen LogP) is 5.55. The van der Waals surface area contributed by atoms with Gasteiger partial charge in [0.2, 0.25) is 0 Å². The van der Waals surface area contributed by atoms with Crippen LogP contribution in [-0.2, 0) is 32.7 Å². The van der Waals surface area contributed by atoms with Crippen molar-refractivity contribution >= 4 is 40.2 Å². The Hall–Kier alpha value is -2.22. The maximum atomic E-state index is 9.44. The Kier molecular flexibility index (Phi) is 9.89. The molecule has 1 aliphatic heterocycles. The fourth-order valence-electron chi connectivity index (χ4n) is 5.18. The van der Waals surface area contributed by atoms with Gasteiger partial charge in [0, 0.05) is 62.5 Å². The third-order valence-corrected chi connectivity index (χ3v) is 8.55. The van der Waals surface area contributed by atoms with E-state index in [-0.39, 0.29) is 39.3 Å². The Morgan fingerprint density at radius 1 is 0.949 bits per heavy atom. The number of aromatic nitrogens is 1. The molecule has 5 rings (SSSR count). The van der Waals surface area contributed by atoms with Gasteiger partial charge in [-0.1, -0.05) is 60.3 Å². The fourth-order valence-corrected chi connectivity index (χ4v) is 6.28. The Morgan fingerprint density at radius 3 is 2.38 bits per heavy atom. The van der Waals surface area contributed by atoms with Gasteiger partial charge in [-0.05, 0) is 42.0 Å². The van der Waals surface area contributed by atoms with Crippen molar-refractivity contribution < 1.29 is 46.9 Å². The molecule has 2 heterocycles. The molecule has 1 radical (unpaired) electrons. The second-order valence-electron chi connectivity index (χ2n) is 10.6. The summed E-state index contributed by atoms with van der Waals surface area (Å²) < 4.78 is 3.20. The van der Waals surface area contributed by atoms with Crippen LogP contribution in [0.25, 0.3) is 22.7 Å². The van der Waals surface area contributed by atoms with E-state index in [1.807, 2.05) is 11.8 Å². The molecular weight excluding hydrogens is 577 g/mol. The van der Waals surface area contributed by atoms with Crippen molar-refractivity contribution in [1.82, 2.24) is 0 Å². The number of rotatable bonds is 9. The van der Waals surface area contributed by atoms with Crippen molar-refractivity contribution in [3.05, 3.63) is 95.5 Å². The maximum absolute atomic E-state index is 9.44. The van der Waals surface area contributed by atoms with Gasteiger partial charge in [0.15, 0.2) is 0 Å². The molecule has 7 heteroatoms. The number of fused-ring (bicyclic) bond motifs is 2. The minimum atomic E-state index is 0. The van der Waals surface area contributed by atoms with Crippen LogP contribution in [0.4, 0.5) is 11.5 Å². The van der Waals surface area contributed by atoms with Gasteiger partial charge in [-0.2, -0.15) is 4.57 Å². The summed E-state index contributed by atoms with van der Waals surface area (Å²) in [5.74, 6) is 1.16. The van der Waals surface area contributed by atoms with Crippen LogP contribution in [0.5, 0.6) is 0 Å². The van der Waals surface area contributed by atoms with Gasteiger partial charge in [-0.25, -0.2) is 0 Å². The summed E-state index contributed by atoms with van der Waals surface area (Å²) in [6, 6.07) is 30.3. The van der Waals surface area contributed by atoms with Crippen molar-refractivity contribution in [2.24, 2.45) is 0 Å². The fraction of sp³-hybridized carbons (Fsp3) is 0.281. The number of hydrogen-bond acceptors (Lipinski definition) is 4. The first-order valence-electron chi connectivity index (χ1n) is 13.3. The summed E-state index contributed by atoms with van der Waals surface area (Å²) in [5, 5.41) is 11.9. The maximum Gasteiger partial charge on any atom is 0.282 e. The number of hydrogen-bond donors (Lipinski definition) is 1. The van der Waals surface area contributed by atoms with Crippen molar-refractivity contribution in [3.63, 3.8) is 0 Å². The molecule has 199 valence electrons. The van der Waals surface area contributed by atoms with Gasteiger partial charge in [0.1, 0.15) is 17.7 Å². The third-order valence-electron chi connectivity index (χ3n) is 7.39. The van der Waals surface area contributed by atoms with Crippen molar-refractivity contribution in [2.75, 3.05) is 64.2 Å². The third kappa shape index (κ3) is 6.58. The molecule has 0 bridgehead atoms. The number of aliphatic hydroxyl groups is 1. The summed E-state index contributed by atoms with van der Waals surface area (Å²) in [6.07, 6.45) is 3.37. The minimum absolute atomic E-state index is 0. The molecule has 4 aromatic rings. The number of pyridine rings is 1. The van der Waals surface area contributed by atoms with E-state index in [1.165, 1.54) is 32.1 Å². The minimum Gasteiger partial charge on any atom is -0.391 e. The molecule has 5 nitrogen and oxygen atoms in total. The number of thioether (sulfide) groups is 1. The molecule has 3 aromatic carbocycles. The van der Waals surface area contributed by atoms with Crippen molar-refractivity contribution in [2.45, 2.75) is 11.3 Å². The number of quaternary nitrogens is 1. The van der Waals surface area contributed by atoms with E-state index in [4.69, 9.17) is 0 Å². The average Bonchev–Trinajstić information content (AvgIpc) is 3.23. The normalized spacial score (nSPS) is 14.0. The molecule has 1 aromatic heterocycles. The van der Waals surface area contributed by atoms with Gasteiger partial charge in [-0.15, -0.1) is 0 Å². The second-order valence-corrected chi connectivity index (χ2v) is 11.7. The van der Waals surface area contributed by atoms with Gasteiger partial charge >= 0.3 is 0 Å². The smallest absolute Gasteiger partial charge is 0.282 e.